The summed E-state index contributed by atoms with van der Waals surface area (Å²) in [6.45, 7) is 5.24. The molecule has 29 heavy (non-hydrogen) atoms. The molecule has 0 aromatic heterocycles. The Balaban J connectivity index is 2.74. The van der Waals surface area contributed by atoms with Gasteiger partial charge in [0.15, 0.2) is 11.2 Å². The Labute approximate surface area is 175 Å². The van der Waals surface area contributed by atoms with Gasteiger partial charge in [0.25, 0.3) is 0 Å². The number of nitrogens with zero attached hydrogens (tertiary/aromatic N) is 1. The number of halogens is 4. The zero-order valence-electron chi connectivity index (χ0n) is 16.5. The van der Waals surface area contributed by atoms with Gasteiger partial charge in [0, 0.05) is 21.4 Å². The Morgan fingerprint density at radius 3 is 2.07 bits per heavy atom. The predicted octanol–water partition coefficient (Wildman–Crippen LogP) is 6.03. The number of rotatable bonds is 6. The molecular weight excluding hydrogens is 451 g/mol. The average Bonchev–Trinajstić information content (AvgIpc) is 2.61. The van der Waals surface area contributed by atoms with Gasteiger partial charge in [-0.2, -0.15) is 13.2 Å². The summed E-state index contributed by atoms with van der Waals surface area (Å²) in [5.41, 5.74) is -0.701. The minimum absolute atomic E-state index is 0.0726. The van der Waals surface area contributed by atoms with Gasteiger partial charge in [0.2, 0.25) is 6.54 Å². The van der Waals surface area contributed by atoms with Gasteiger partial charge >= 0.3 is 6.18 Å². The lowest BCUT2D eigenvalue weighted by Gasteiger charge is -2.34. The van der Waals surface area contributed by atoms with Gasteiger partial charge in [-0.05, 0) is 67.6 Å². The highest BCUT2D eigenvalue weighted by atomic mass is 79.9. The lowest BCUT2D eigenvalue weighted by Crippen LogP contribution is -2.50. The van der Waals surface area contributed by atoms with E-state index < -0.39 is 35.3 Å². The first-order valence-electron chi connectivity index (χ1n) is 8.85. The summed E-state index contributed by atoms with van der Waals surface area (Å²) in [6.07, 6.45) is -6.04. The third kappa shape index (κ3) is 4.52. The second kappa shape index (κ2) is 8.26. The van der Waals surface area contributed by atoms with Crippen molar-refractivity contribution in [2.75, 3.05) is 6.54 Å². The quantitative estimate of drug-likeness (QED) is 0.293. The van der Waals surface area contributed by atoms with Gasteiger partial charge in [0.1, 0.15) is 0 Å². The smallest absolute Gasteiger partial charge is 0.294 e. The summed E-state index contributed by atoms with van der Waals surface area (Å²) < 4.78 is 44.0. The Hall–Kier alpha value is -2.22. The topological polar surface area (TPSA) is 60.2 Å². The van der Waals surface area contributed by atoms with E-state index in [0.717, 1.165) is 5.56 Å². The van der Waals surface area contributed by atoms with E-state index in [0.29, 0.717) is 21.2 Å². The Morgan fingerprint density at radius 1 is 1.03 bits per heavy atom. The highest BCUT2D eigenvalue weighted by molar-refractivity contribution is 9.10. The molecule has 0 heterocycles. The molecule has 0 bridgehead atoms. The van der Waals surface area contributed by atoms with Crippen LogP contribution in [0, 0.1) is 37.8 Å². The highest BCUT2D eigenvalue weighted by Gasteiger charge is 2.61. The van der Waals surface area contributed by atoms with Crippen LogP contribution in [0.3, 0.4) is 0 Å². The van der Waals surface area contributed by atoms with Crippen molar-refractivity contribution >= 4 is 21.7 Å². The minimum Gasteiger partial charge on any atom is -0.294 e. The van der Waals surface area contributed by atoms with Crippen molar-refractivity contribution in [2.45, 2.75) is 45.7 Å². The van der Waals surface area contributed by atoms with Gasteiger partial charge in [-0.1, -0.05) is 34.1 Å². The summed E-state index contributed by atoms with van der Waals surface area (Å²) in [7, 11) is 0. The molecule has 2 aromatic carbocycles. The van der Waals surface area contributed by atoms with E-state index in [1.807, 2.05) is 0 Å². The lowest BCUT2D eigenvalue weighted by molar-refractivity contribution is -0.501. The van der Waals surface area contributed by atoms with E-state index >= 15 is 0 Å². The minimum atomic E-state index is -5.00. The zero-order chi connectivity index (χ0) is 22.1. The number of ketones is 1. The van der Waals surface area contributed by atoms with Crippen molar-refractivity contribution in [1.82, 2.24) is 0 Å². The van der Waals surface area contributed by atoms with Crippen molar-refractivity contribution in [2.24, 2.45) is 0 Å². The van der Waals surface area contributed by atoms with E-state index in [-0.39, 0.29) is 11.1 Å². The molecule has 1 atom stereocenters. The maximum Gasteiger partial charge on any atom is 0.405 e. The fourth-order valence-electron chi connectivity index (χ4n) is 3.52. The van der Waals surface area contributed by atoms with Crippen molar-refractivity contribution < 1.29 is 22.9 Å². The molecule has 0 amide bonds. The van der Waals surface area contributed by atoms with Crippen LogP contribution < -0.4 is 0 Å². The number of aryl methyl sites for hydroxylation is 1. The molecule has 156 valence electrons. The molecule has 0 N–H and O–H groups in total. The molecule has 0 spiro atoms. The first-order chi connectivity index (χ1) is 13.3. The van der Waals surface area contributed by atoms with E-state index in [9.17, 15) is 28.1 Å². The summed E-state index contributed by atoms with van der Waals surface area (Å²) >= 11 is 3.21. The number of nitro groups is 1. The molecular formula is C21H21BrF3NO3. The number of alkyl halides is 3. The summed E-state index contributed by atoms with van der Waals surface area (Å²) in [5, 5.41) is 11.3. The van der Waals surface area contributed by atoms with Crippen LogP contribution in [0.2, 0.25) is 0 Å². The van der Waals surface area contributed by atoms with Crippen LogP contribution in [0.25, 0.3) is 0 Å². The van der Waals surface area contributed by atoms with Gasteiger partial charge in [0.05, 0.1) is 0 Å². The first kappa shape index (κ1) is 23.1. The maximum absolute atomic E-state index is 14.4. The predicted molar refractivity (Wildman–Crippen MR) is 108 cm³/mol. The summed E-state index contributed by atoms with van der Waals surface area (Å²) in [6, 6.07) is 7.22. The van der Waals surface area contributed by atoms with Crippen molar-refractivity contribution in [3.05, 3.63) is 78.3 Å². The van der Waals surface area contributed by atoms with Crippen molar-refractivity contribution in [1.29, 1.82) is 0 Å². The van der Waals surface area contributed by atoms with Gasteiger partial charge in [-0.25, -0.2) is 0 Å². The van der Waals surface area contributed by atoms with Crippen LogP contribution in [-0.4, -0.2) is 23.4 Å². The SMILES string of the molecule is Cc1cc(C(CC(=O)c2ccc(Br)cc2)(C[N+](=O)[O-])C(F)(F)F)c(C)c(C)c1C. The third-order valence-corrected chi connectivity index (χ3v) is 6.10. The van der Waals surface area contributed by atoms with Crippen LogP contribution in [0.15, 0.2) is 34.8 Å². The van der Waals surface area contributed by atoms with Gasteiger partial charge < -0.3 is 0 Å². The second-order valence-corrected chi connectivity index (χ2v) is 8.21. The standard InChI is InChI=1S/C21H21BrF3NO3/c1-12-9-18(15(4)14(3)13(12)2)20(11-26(28)29,21(23,24)25)10-19(27)16-5-7-17(22)8-6-16/h5-9H,10-11H2,1-4H3. The van der Waals surface area contributed by atoms with Gasteiger partial charge in [-0.15, -0.1) is 0 Å². The molecule has 0 saturated heterocycles. The van der Waals surface area contributed by atoms with E-state index in [2.05, 4.69) is 15.9 Å². The average molecular weight is 472 g/mol. The van der Waals surface area contributed by atoms with Crippen molar-refractivity contribution in [3.63, 3.8) is 0 Å². The normalized spacial score (nSPS) is 13.8. The number of hydrogen-bond acceptors (Lipinski definition) is 3. The van der Waals surface area contributed by atoms with Crippen molar-refractivity contribution in [3.8, 4) is 0 Å². The molecule has 0 radical (unpaired) electrons. The number of hydrogen-bond donors (Lipinski definition) is 0. The molecule has 0 aliphatic carbocycles. The maximum atomic E-state index is 14.4. The second-order valence-electron chi connectivity index (χ2n) is 7.29. The van der Waals surface area contributed by atoms with Crippen LogP contribution in [0.1, 0.15) is 44.6 Å². The molecule has 0 saturated carbocycles. The Morgan fingerprint density at radius 2 is 1.59 bits per heavy atom. The molecule has 2 aromatic rings. The highest BCUT2D eigenvalue weighted by Crippen LogP contribution is 2.47. The van der Waals surface area contributed by atoms with Crippen LogP contribution in [0.5, 0.6) is 0 Å². The van der Waals surface area contributed by atoms with Gasteiger partial charge in [-0.3, -0.25) is 14.9 Å². The zero-order valence-corrected chi connectivity index (χ0v) is 18.1. The number of carbonyl (C=O) groups excluding carboxylic acids is 1. The Bertz CT molecular complexity index is 955. The molecule has 1 unspecified atom stereocenters. The van der Waals surface area contributed by atoms with E-state index in [4.69, 9.17) is 0 Å². The van der Waals surface area contributed by atoms with Crippen LogP contribution >= 0.6 is 15.9 Å². The van der Waals surface area contributed by atoms with Crippen LogP contribution in [-0.2, 0) is 5.41 Å². The van der Waals surface area contributed by atoms with Crippen LogP contribution in [0.4, 0.5) is 13.2 Å². The molecule has 2 rings (SSSR count). The summed E-state index contributed by atoms with van der Waals surface area (Å²) in [5.74, 6) is -0.799. The van der Waals surface area contributed by atoms with E-state index in [1.54, 1.807) is 32.9 Å². The first-order valence-corrected chi connectivity index (χ1v) is 9.64. The molecule has 0 fully saturated rings. The number of benzene rings is 2. The summed E-state index contributed by atoms with van der Waals surface area (Å²) in [4.78, 5) is 23.1. The number of carbonyl (C=O) groups is 1. The Kier molecular flexibility index (Phi) is 6.57. The lowest BCUT2D eigenvalue weighted by atomic mass is 9.71. The fourth-order valence-corrected chi connectivity index (χ4v) is 3.78. The largest absolute Gasteiger partial charge is 0.405 e. The van der Waals surface area contributed by atoms with E-state index in [1.165, 1.54) is 25.1 Å². The fraction of sp³-hybridized carbons (Fsp3) is 0.381. The molecule has 4 nitrogen and oxygen atoms in total. The molecule has 8 heteroatoms. The third-order valence-electron chi connectivity index (χ3n) is 5.57. The monoisotopic (exact) mass is 471 g/mol. The number of Topliss-reactive ketones (excluding diaryl/α,β-unsaturated/α-hetero) is 1. The molecule has 0 aliphatic rings. The molecule has 0 aliphatic heterocycles.